The highest BCUT2D eigenvalue weighted by atomic mass is 79.9. The van der Waals surface area contributed by atoms with Crippen LogP contribution in [-0.2, 0) is 20.6 Å². The van der Waals surface area contributed by atoms with Gasteiger partial charge in [0.05, 0.1) is 16.9 Å². The lowest BCUT2D eigenvalue weighted by Crippen LogP contribution is -2.41. The van der Waals surface area contributed by atoms with E-state index < -0.39 is 43.7 Å². The first-order valence-electron chi connectivity index (χ1n) is 17.6. The summed E-state index contributed by atoms with van der Waals surface area (Å²) >= 11 is 6.28. The Morgan fingerprint density at radius 2 is 1.28 bits per heavy atom. The summed E-state index contributed by atoms with van der Waals surface area (Å²) in [6.45, 7) is 1.11. The molecule has 0 atom stereocenters. The number of rotatable bonds is 11. The molecule has 0 bridgehead atoms. The molecule has 2 N–H and O–H groups in total. The van der Waals surface area contributed by atoms with E-state index in [1.807, 2.05) is 27.7 Å². The van der Waals surface area contributed by atoms with Crippen molar-refractivity contribution in [3.63, 3.8) is 0 Å². The molecule has 5 aromatic heterocycles. The summed E-state index contributed by atoms with van der Waals surface area (Å²) in [5.74, 6) is -0.768. The summed E-state index contributed by atoms with van der Waals surface area (Å²) in [6, 6.07) is 14.5. The van der Waals surface area contributed by atoms with Crippen molar-refractivity contribution in [3.8, 4) is 28.9 Å². The standard InChI is InChI=1S/C14H14F2N4O3.C12H16BF2NO3.C6H4BrF2NO.C5H4BrNO/c1-2-17-11(21)8-20-13(22)6-4-10(19-20)9-3-5-12(18-7-9)23-14(15)16;1-11(2)12(3,4)19-13(18-11)8-5-6-9(16-7-8)17-10(14)15;7-4-1-2-5(10-3-4)11-6(8)9;6-4-1-2-5(8)7-3-4/h3-7,14H,2,8H2,1H3,(H,17,21);5-7,10H,1-4H3;1-3,6H;1-3H,(H,7,8). The van der Waals surface area contributed by atoms with E-state index in [1.54, 1.807) is 31.3 Å². The number of halogens is 8. The highest BCUT2D eigenvalue weighted by Gasteiger charge is 2.51. The number of amides is 1. The number of carbonyl (C=O) groups is 1. The van der Waals surface area contributed by atoms with E-state index in [-0.39, 0.29) is 35.7 Å². The van der Waals surface area contributed by atoms with Gasteiger partial charge < -0.3 is 33.8 Å². The molecule has 24 heteroatoms. The number of carbonyl (C=O) groups excluding carboxylic acids is 1. The molecule has 1 saturated heterocycles. The van der Waals surface area contributed by atoms with E-state index in [0.29, 0.717) is 23.3 Å². The Hall–Kier alpha value is -5.33. The second-order valence-electron chi connectivity index (χ2n) is 12.9. The first-order valence-corrected chi connectivity index (χ1v) is 19.2. The second kappa shape index (κ2) is 23.6. The molecule has 1 amide bonds. The lowest BCUT2D eigenvalue weighted by atomic mass is 9.80. The number of aromatic amines is 1. The van der Waals surface area contributed by atoms with Crippen LogP contribution in [0.4, 0.5) is 26.3 Å². The van der Waals surface area contributed by atoms with Gasteiger partial charge >= 0.3 is 27.0 Å². The van der Waals surface area contributed by atoms with Gasteiger partial charge in [0.1, 0.15) is 6.54 Å². The van der Waals surface area contributed by atoms with Crippen molar-refractivity contribution in [2.45, 2.75) is 72.2 Å². The summed E-state index contributed by atoms with van der Waals surface area (Å²) in [6.07, 6.45) is 5.70. The smallest absolute Gasteiger partial charge is 0.417 e. The van der Waals surface area contributed by atoms with Crippen LogP contribution in [-0.4, -0.2) is 80.3 Å². The minimum Gasteiger partial charge on any atom is -0.417 e. The van der Waals surface area contributed by atoms with Gasteiger partial charge in [-0.2, -0.15) is 31.4 Å². The lowest BCUT2D eigenvalue weighted by Gasteiger charge is -2.32. The molecule has 6 heterocycles. The van der Waals surface area contributed by atoms with E-state index in [9.17, 15) is 40.7 Å². The van der Waals surface area contributed by atoms with Crippen molar-refractivity contribution < 1.29 is 54.7 Å². The zero-order chi connectivity index (χ0) is 45.3. The third-order valence-corrected chi connectivity index (χ3v) is 8.89. The number of nitrogens with zero attached hydrogens (tertiary/aromatic N) is 5. The zero-order valence-electron chi connectivity index (χ0n) is 32.8. The van der Waals surface area contributed by atoms with E-state index in [2.05, 4.69) is 76.4 Å². The molecule has 1 fully saturated rings. The molecule has 0 saturated carbocycles. The van der Waals surface area contributed by atoms with Crippen molar-refractivity contribution in [2.75, 3.05) is 6.54 Å². The number of hydrogen-bond acceptors (Lipinski definition) is 12. The van der Waals surface area contributed by atoms with Gasteiger partial charge in [0, 0.05) is 81.6 Å². The first kappa shape index (κ1) is 50.0. The van der Waals surface area contributed by atoms with Crippen molar-refractivity contribution in [3.05, 3.63) is 115 Å². The fourth-order valence-corrected chi connectivity index (χ4v) is 4.87. The molecule has 0 radical (unpaired) electrons. The minimum atomic E-state index is -2.95. The fraction of sp³-hybridized carbons (Fsp3) is 0.324. The van der Waals surface area contributed by atoms with Gasteiger partial charge in [0.15, 0.2) is 0 Å². The summed E-state index contributed by atoms with van der Waals surface area (Å²) in [5.41, 5.74) is 0.145. The van der Waals surface area contributed by atoms with Crippen LogP contribution >= 0.6 is 31.9 Å². The predicted octanol–water partition coefficient (Wildman–Crippen LogP) is 6.61. The number of H-pyrrole nitrogens is 1. The van der Waals surface area contributed by atoms with E-state index in [0.717, 1.165) is 13.6 Å². The summed E-state index contributed by atoms with van der Waals surface area (Å²) in [4.78, 5) is 47.2. The van der Waals surface area contributed by atoms with Crippen LogP contribution in [0.15, 0.2) is 104 Å². The zero-order valence-corrected chi connectivity index (χ0v) is 36.0. The number of pyridine rings is 4. The van der Waals surface area contributed by atoms with Crippen LogP contribution in [0.1, 0.15) is 34.6 Å². The number of nitrogens with one attached hydrogen (secondary N) is 2. The number of alkyl halides is 6. The van der Waals surface area contributed by atoms with Crippen LogP contribution in [0.25, 0.3) is 11.3 Å². The molecule has 0 unspecified atom stereocenters. The van der Waals surface area contributed by atoms with Crippen molar-refractivity contribution in [1.29, 1.82) is 0 Å². The van der Waals surface area contributed by atoms with E-state index in [4.69, 9.17) is 9.31 Å². The second-order valence-corrected chi connectivity index (χ2v) is 14.7. The van der Waals surface area contributed by atoms with Crippen LogP contribution in [0.3, 0.4) is 0 Å². The SMILES string of the molecule is CC1(C)OB(c2ccc(OC(F)F)nc2)OC1(C)C.CCNC(=O)Cn1nc(-c2ccc(OC(F)F)nc2)ccc1=O.FC(F)Oc1ccc(Br)cn1.O=c1ccc(Br)c[nH]1. The van der Waals surface area contributed by atoms with Gasteiger partial charge in [-0.15, -0.1) is 0 Å². The Morgan fingerprint density at radius 1 is 0.754 bits per heavy atom. The Labute approximate surface area is 361 Å². The van der Waals surface area contributed by atoms with Crippen LogP contribution in [0.2, 0.25) is 0 Å². The Kier molecular flexibility index (Phi) is 19.4. The highest BCUT2D eigenvalue weighted by molar-refractivity contribution is 9.10. The molecule has 0 aromatic carbocycles. The quantitative estimate of drug-likeness (QED) is 0.107. The number of aromatic nitrogens is 6. The number of likely N-dealkylation sites (N-methyl/N-ethyl adjacent to an activating group) is 1. The maximum Gasteiger partial charge on any atom is 0.496 e. The maximum absolute atomic E-state index is 12.1. The third kappa shape index (κ3) is 17.3. The Morgan fingerprint density at radius 3 is 1.70 bits per heavy atom. The lowest BCUT2D eigenvalue weighted by molar-refractivity contribution is -0.121. The Balaban J connectivity index is 0.000000233. The normalized spacial score (nSPS) is 13.5. The molecular weight excluding hydrogens is 955 g/mol. The highest BCUT2D eigenvalue weighted by Crippen LogP contribution is 2.36. The molecule has 5 aromatic rings. The Bertz CT molecular complexity index is 2210. The minimum absolute atomic E-state index is 0.0757. The van der Waals surface area contributed by atoms with Crippen molar-refractivity contribution in [1.82, 2.24) is 35.0 Å². The molecule has 61 heavy (non-hydrogen) atoms. The van der Waals surface area contributed by atoms with Crippen molar-refractivity contribution in [2.24, 2.45) is 0 Å². The fourth-order valence-electron chi connectivity index (χ4n) is 4.38. The molecule has 1 aliphatic heterocycles. The van der Waals surface area contributed by atoms with Crippen LogP contribution in [0, 0.1) is 0 Å². The van der Waals surface area contributed by atoms with Crippen LogP contribution in [0.5, 0.6) is 17.6 Å². The van der Waals surface area contributed by atoms with Crippen LogP contribution < -0.4 is 36.1 Å². The number of hydrogen-bond donors (Lipinski definition) is 2. The average molecular weight is 993 g/mol. The molecule has 15 nitrogen and oxygen atoms in total. The largest absolute Gasteiger partial charge is 0.496 e. The van der Waals surface area contributed by atoms with Crippen molar-refractivity contribution >= 4 is 50.3 Å². The average Bonchev–Trinajstić information content (AvgIpc) is 3.41. The predicted molar refractivity (Wildman–Crippen MR) is 217 cm³/mol. The molecule has 0 spiro atoms. The van der Waals surface area contributed by atoms with E-state index >= 15 is 0 Å². The van der Waals surface area contributed by atoms with Gasteiger partial charge in [-0.3, -0.25) is 14.4 Å². The molecule has 0 aliphatic carbocycles. The summed E-state index contributed by atoms with van der Waals surface area (Å²) in [5, 5.41) is 6.64. The first-order chi connectivity index (χ1) is 28.7. The third-order valence-electron chi connectivity index (χ3n) is 7.93. The molecular formula is C37H38BBr2F6N7O8. The topological polar surface area (TPSA) is 182 Å². The van der Waals surface area contributed by atoms with Gasteiger partial charge in [-0.05, 0) is 90.7 Å². The summed E-state index contributed by atoms with van der Waals surface area (Å²) < 4.78 is 97.9. The van der Waals surface area contributed by atoms with Gasteiger partial charge in [-0.1, -0.05) is 6.07 Å². The van der Waals surface area contributed by atoms with E-state index in [1.165, 1.54) is 61.1 Å². The monoisotopic (exact) mass is 991 g/mol. The maximum atomic E-state index is 12.1. The van der Waals surface area contributed by atoms with Gasteiger partial charge in [0.2, 0.25) is 29.1 Å². The molecule has 1 aliphatic rings. The molecule has 328 valence electrons. The molecule has 6 rings (SSSR count). The number of ether oxygens (including phenoxy) is 3. The van der Waals surface area contributed by atoms with Gasteiger partial charge in [-0.25, -0.2) is 19.6 Å². The van der Waals surface area contributed by atoms with Gasteiger partial charge in [0.25, 0.3) is 5.56 Å². The summed E-state index contributed by atoms with van der Waals surface area (Å²) in [7, 11) is -0.557.